The van der Waals surface area contributed by atoms with Crippen LogP contribution in [-0.4, -0.2) is 45.8 Å². The molecule has 0 saturated carbocycles. The fourth-order valence-corrected chi connectivity index (χ4v) is 3.86. The lowest BCUT2D eigenvalue weighted by molar-refractivity contribution is 0.0698. The standard InChI is InChI=1S/C24H26N4O2/c1-15-6-4-5-7-20(15)23(29)27-19-10-12-28(13-11-19)24(30)18-8-9-21-22(14-18)26-17(3)16(2)25-21/h4-9,14,19H,10-13H2,1-3H3,(H,27,29). The van der Waals surface area contributed by atoms with E-state index in [1.165, 1.54) is 0 Å². The zero-order chi connectivity index (χ0) is 21.3. The van der Waals surface area contributed by atoms with Crippen molar-refractivity contribution < 1.29 is 9.59 Å². The first-order valence-corrected chi connectivity index (χ1v) is 10.3. The highest BCUT2D eigenvalue weighted by Gasteiger charge is 2.25. The number of likely N-dealkylation sites (tertiary alicyclic amines) is 1. The van der Waals surface area contributed by atoms with Crippen LogP contribution in [0.4, 0.5) is 0 Å². The second-order valence-corrected chi connectivity index (χ2v) is 7.95. The summed E-state index contributed by atoms with van der Waals surface area (Å²) in [6, 6.07) is 13.2. The van der Waals surface area contributed by atoms with Crippen LogP contribution in [0.5, 0.6) is 0 Å². The predicted octanol–water partition coefficient (Wildman–Crippen LogP) is 3.59. The van der Waals surface area contributed by atoms with Gasteiger partial charge in [-0.05, 0) is 63.4 Å². The van der Waals surface area contributed by atoms with Gasteiger partial charge in [-0.2, -0.15) is 0 Å². The summed E-state index contributed by atoms with van der Waals surface area (Å²) in [6.07, 6.45) is 1.49. The summed E-state index contributed by atoms with van der Waals surface area (Å²) in [5, 5.41) is 3.12. The Balaban J connectivity index is 1.39. The van der Waals surface area contributed by atoms with Crippen molar-refractivity contribution in [3.05, 3.63) is 70.5 Å². The second-order valence-electron chi connectivity index (χ2n) is 7.95. The topological polar surface area (TPSA) is 75.2 Å². The van der Waals surface area contributed by atoms with E-state index in [0.717, 1.165) is 40.8 Å². The van der Waals surface area contributed by atoms with Crippen LogP contribution in [0.1, 0.15) is 50.5 Å². The molecule has 0 aliphatic carbocycles. The summed E-state index contributed by atoms with van der Waals surface area (Å²) in [7, 11) is 0. The zero-order valence-corrected chi connectivity index (χ0v) is 17.6. The van der Waals surface area contributed by atoms with E-state index in [-0.39, 0.29) is 17.9 Å². The molecule has 1 aromatic heterocycles. The highest BCUT2D eigenvalue weighted by atomic mass is 16.2. The lowest BCUT2D eigenvalue weighted by atomic mass is 10.0. The number of nitrogens with zero attached hydrogens (tertiary/aromatic N) is 3. The molecule has 2 aromatic carbocycles. The van der Waals surface area contributed by atoms with Crippen LogP contribution in [-0.2, 0) is 0 Å². The van der Waals surface area contributed by atoms with Crippen molar-refractivity contribution in [2.75, 3.05) is 13.1 Å². The van der Waals surface area contributed by atoms with Crippen molar-refractivity contribution in [2.24, 2.45) is 0 Å². The Labute approximate surface area is 176 Å². The number of benzene rings is 2. The van der Waals surface area contributed by atoms with Crippen molar-refractivity contribution >= 4 is 22.8 Å². The van der Waals surface area contributed by atoms with E-state index in [0.29, 0.717) is 24.2 Å². The molecule has 30 heavy (non-hydrogen) atoms. The maximum absolute atomic E-state index is 13.0. The molecule has 154 valence electrons. The first kappa shape index (κ1) is 20.0. The number of carbonyl (C=O) groups is 2. The van der Waals surface area contributed by atoms with E-state index in [4.69, 9.17) is 0 Å². The minimum Gasteiger partial charge on any atom is -0.349 e. The summed E-state index contributed by atoms with van der Waals surface area (Å²) in [4.78, 5) is 36.5. The molecule has 2 amide bonds. The van der Waals surface area contributed by atoms with E-state index in [2.05, 4.69) is 15.3 Å². The number of aryl methyl sites for hydroxylation is 3. The molecule has 1 saturated heterocycles. The van der Waals surface area contributed by atoms with Gasteiger partial charge in [0.2, 0.25) is 0 Å². The lowest BCUT2D eigenvalue weighted by Crippen LogP contribution is -2.46. The molecule has 4 rings (SSSR count). The van der Waals surface area contributed by atoms with Gasteiger partial charge in [0.15, 0.2) is 0 Å². The van der Waals surface area contributed by atoms with Crippen LogP contribution < -0.4 is 5.32 Å². The van der Waals surface area contributed by atoms with Crippen molar-refractivity contribution in [1.82, 2.24) is 20.2 Å². The van der Waals surface area contributed by atoms with Crippen molar-refractivity contribution in [3.8, 4) is 0 Å². The third-order valence-corrected chi connectivity index (χ3v) is 5.83. The molecule has 2 heterocycles. The van der Waals surface area contributed by atoms with E-state index in [1.54, 1.807) is 0 Å². The van der Waals surface area contributed by atoms with Gasteiger partial charge in [0, 0.05) is 30.3 Å². The molecule has 0 bridgehead atoms. The van der Waals surface area contributed by atoms with Crippen molar-refractivity contribution in [2.45, 2.75) is 39.7 Å². The fraction of sp³-hybridized carbons (Fsp3) is 0.333. The number of fused-ring (bicyclic) bond motifs is 1. The Morgan fingerprint density at radius 2 is 1.60 bits per heavy atom. The highest BCUT2D eigenvalue weighted by Crippen LogP contribution is 2.19. The fourth-order valence-electron chi connectivity index (χ4n) is 3.86. The van der Waals surface area contributed by atoms with Crippen LogP contribution in [0, 0.1) is 20.8 Å². The minimum absolute atomic E-state index is 0.000563. The zero-order valence-electron chi connectivity index (χ0n) is 17.6. The van der Waals surface area contributed by atoms with Crippen molar-refractivity contribution in [1.29, 1.82) is 0 Å². The Morgan fingerprint density at radius 1 is 0.933 bits per heavy atom. The predicted molar refractivity (Wildman–Crippen MR) is 117 cm³/mol. The van der Waals surface area contributed by atoms with Gasteiger partial charge in [-0.25, -0.2) is 9.97 Å². The van der Waals surface area contributed by atoms with Crippen molar-refractivity contribution in [3.63, 3.8) is 0 Å². The van der Waals surface area contributed by atoms with Gasteiger partial charge in [0.05, 0.1) is 22.4 Å². The van der Waals surface area contributed by atoms with Gasteiger partial charge < -0.3 is 10.2 Å². The molecule has 6 nitrogen and oxygen atoms in total. The number of nitrogens with one attached hydrogen (secondary N) is 1. The first-order valence-electron chi connectivity index (χ1n) is 10.3. The molecule has 0 radical (unpaired) electrons. The van der Waals surface area contributed by atoms with Crippen LogP contribution in [0.3, 0.4) is 0 Å². The van der Waals surface area contributed by atoms with E-state index in [1.807, 2.05) is 68.1 Å². The molecule has 1 aliphatic rings. The molecule has 1 aliphatic heterocycles. The van der Waals surface area contributed by atoms with Gasteiger partial charge in [-0.15, -0.1) is 0 Å². The van der Waals surface area contributed by atoms with Gasteiger partial charge in [-0.1, -0.05) is 18.2 Å². The third kappa shape index (κ3) is 4.03. The first-order chi connectivity index (χ1) is 14.4. The highest BCUT2D eigenvalue weighted by molar-refractivity contribution is 5.97. The SMILES string of the molecule is Cc1ccccc1C(=O)NC1CCN(C(=O)c2ccc3nc(C)c(C)nc3c2)CC1. The molecular weight excluding hydrogens is 376 g/mol. The maximum atomic E-state index is 13.0. The van der Waals surface area contributed by atoms with Gasteiger partial charge in [0.1, 0.15) is 0 Å². The monoisotopic (exact) mass is 402 g/mol. The van der Waals surface area contributed by atoms with Gasteiger partial charge in [0.25, 0.3) is 11.8 Å². The lowest BCUT2D eigenvalue weighted by Gasteiger charge is -2.32. The summed E-state index contributed by atoms with van der Waals surface area (Å²) >= 11 is 0. The second kappa shape index (κ2) is 8.22. The maximum Gasteiger partial charge on any atom is 0.253 e. The average molecular weight is 402 g/mol. The Bertz CT molecular complexity index is 1120. The molecule has 1 fully saturated rings. The summed E-state index contributed by atoms with van der Waals surface area (Å²) in [6.45, 7) is 7.03. The Kier molecular flexibility index (Phi) is 5.48. The third-order valence-electron chi connectivity index (χ3n) is 5.83. The Morgan fingerprint density at radius 3 is 2.30 bits per heavy atom. The van der Waals surface area contributed by atoms with Crippen LogP contribution >= 0.6 is 0 Å². The number of carbonyl (C=O) groups excluding carboxylic acids is 2. The average Bonchev–Trinajstić information content (AvgIpc) is 2.74. The molecule has 0 unspecified atom stereocenters. The van der Waals surface area contributed by atoms with Gasteiger partial charge in [-0.3, -0.25) is 9.59 Å². The summed E-state index contributed by atoms with van der Waals surface area (Å²) in [5.41, 5.74) is 5.61. The number of hydrogen-bond donors (Lipinski definition) is 1. The normalized spacial score (nSPS) is 14.7. The van der Waals surface area contributed by atoms with Crippen LogP contribution in [0.2, 0.25) is 0 Å². The van der Waals surface area contributed by atoms with E-state index in [9.17, 15) is 9.59 Å². The van der Waals surface area contributed by atoms with E-state index >= 15 is 0 Å². The molecule has 6 heteroatoms. The number of piperidine rings is 1. The van der Waals surface area contributed by atoms with Crippen LogP contribution in [0.15, 0.2) is 42.5 Å². The minimum atomic E-state index is -0.0448. The number of rotatable bonds is 3. The number of amides is 2. The molecule has 0 atom stereocenters. The van der Waals surface area contributed by atoms with Gasteiger partial charge >= 0.3 is 0 Å². The summed E-state index contributed by atoms with van der Waals surface area (Å²) in [5.74, 6) is -0.0442. The Hall–Kier alpha value is -3.28. The molecule has 3 aromatic rings. The largest absolute Gasteiger partial charge is 0.349 e. The number of aromatic nitrogens is 2. The molecule has 1 N–H and O–H groups in total. The van der Waals surface area contributed by atoms with E-state index < -0.39 is 0 Å². The smallest absolute Gasteiger partial charge is 0.253 e. The number of hydrogen-bond acceptors (Lipinski definition) is 4. The van der Waals surface area contributed by atoms with Crippen LogP contribution in [0.25, 0.3) is 11.0 Å². The molecular formula is C24H26N4O2. The summed E-state index contributed by atoms with van der Waals surface area (Å²) < 4.78 is 0. The quantitative estimate of drug-likeness (QED) is 0.726. The molecule has 0 spiro atoms.